The van der Waals surface area contributed by atoms with Gasteiger partial charge in [0.05, 0.1) is 27.9 Å². The predicted molar refractivity (Wildman–Crippen MR) is 117 cm³/mol. The van der Waals surface area contributed by atoms with Gasteiger partial charge >= 0.3 is 0 Å². The molecule has 0 heterocycles. The standard InChI is InChI=1S/C25H26O6/c1-16-5-7-19(11-18(16)15-27)25(28,20-8-6-17(14-26)23(12-20)30-3)21-9-10-22(29-2)24(13-21)31-4/h5-13,15,26,28H,14H2,1-4H3. The zero-order chi connectivity index (χ0) is 22.6. The van der Waals surface area contributed by atoms with Gasteiger partial charge in [0.2, 0.25) is 0 Å². The summed E-state index contributed by atoms with van der Waals surface area (Å²) in [5, 5.41) is 21.8. The lowest BCUT2D eigenvalue weighted by atomic mass is 9.79. The lowest BCUT2D eigenvalue weighted by Gasteiger charge is -2.31. The largest absolute Gasteiger partial charge is 0.496 e. The number of aldehydes is 1. The predicted octanol–water partition coefficient (Wildman–Crippen LogP) is 3.61. The topological polar surface area (TPSA) is 85.2 Å². The molecule has 31 heavy (non-hydrogen) atoms. The number of rotatable bonds is 8. The van der Waals surface area contributed by atoms with Crippen molar-refractivity contribution in [2.45, 2.75) is 19.1 Å². The number of hydrogen-bond acceptors (Lipinski definition) is 6. The summed E-state index contributed by atoms with van der Waals surface area (Å²) in [6.07, 6.45) is 0.767. The van der Waals surface area contributed by atoms with Crippen LogP contribution in [0.4, 0.5) is 0 Å². The van der Waals surface area contributed by atoms with Crippen LogP contribution in [0, 0.1) is 6.92 Å². The van der Waals surface area contributed by atoms with E-state index in [9.17, 15) is 15.0 Å². The van der Waals surface area contributed by atoms with E-state index in [0.717, 1.165) is 11.8 Å². The van der Waals surface area contributed by atoms with Crippen molar-refractivity contribution >= 4 is 6.29 Å². The molecule has 0 aromatic heterocycles. The molecule has 0 fully saturated rings. The highest BCUT2D eigenvalue weighted by Gasteiger charge is 2.36. The maximum atomic E-state index is 12.2. The van der Waals surface area contributed by atoms with E-state index >= 15 is 0 Å². The van der Waals surface area contributed by atoms with Crippen molar-refractivity contribution in [1.29, 1.82) is 0 Å². The van der Waals surface area contributed by atoms with Crippen LogP contribution < -0.4 is 14.2 Å². The van der Waals surface area contributed by atoms with Gasteiger partial charge in [0.15, 0.2) is 11.5 Å². The summed E-state index contributed by atoms with van der Waals surface area (Å²) >= 11 is 0. The van der Waals surface area contributed by atoms with Crippen LogP contribution in [0.1, 0.15) is 38.2 Å². The second-order valence-corrected chi connectivity index (χ2v) is 7.15. The van der Waals surface area contributed by atoms with Crippen LogP contribution in [-0.2, 0) is 12.2 Å². The highest BCUT2D eigenvalue weighted by molar-refractivity contribution is 5.78. The third-order valence-electron chi connectivity index (χ3n) is 5.50. The summed E-state index contributed by atoms with van der Waals surface area (Å²) in [5.41, 5.74) is 1.78. The molecule has 0 saturated heterocycles. The molecular formula is C25H26O6. The third-order valence-corrected chi connectivity index (χ3v) is 5.50. The van der Waals surface area contributed by atoms with Crippen molar-refractivity contribution in [2.24, 2.45) is 0 Å². The van der Waals surface area contributed by atoms with Gasteiger partial charge in [0, 0.05) is 11.1 Å². The molecule has 0 radical (unpaired) electrons. The summed E-state index contributed by atoms with van der Waals surface area (Å²) in [7, 11) is 4.57. The highest BCUT2D eigenvalue weighted by atomic mass is 16.5. The fourth-order valence-corrected chi connectivity index (χ4v) is 3.65. The molecule has 3 aromatic rings. The minimum absolute atomic E-state index is 0.196. The van der Waals surface area contributed by atoms with Crippen molar-refractivity contribution in [2.75, 3.05) is 21.3 Å². The third kappa shape index (κ3) is 4.00. The van der Waals surface area contributed by atoms with E-state index in [4.69, 9.17) is 14.2 Å². The Hall–Kier alpha value is -3.35. The van der Waals surface area contributed by atoms with E-state index in [2.05, 4.69) is 0 Å². The lowest BCUT2D eigenvalue weighted by Crippen LogP contribution is -2.29. The van der Waals surface area contributed by atoms with Crippen molar-refractivity contribution in [3.8, 4) is 17.2 Å². The molecule has 2 N–H and O–H groups in total. The minimum atomic E-state index is -1.63. The Morgan fingerprint density at radius 3 is 1.94 bits per heavy atom. The van der Waals surface area contributed by atoms with Crippen LogP contribution in [0.25, 0.3) is 0 Å². The average Bonchev–Trinajstić information content (AvgIpc) is 2.82. The zero-order valence-corrected chi connectivity index (χ0v) is 18.0. The van der Waals surface area contributed by atoms with Gasteiger partial charge in [-0.1, -0.05) is 30.3 Å². The van der Waals surface area contributed by atoms with Crippen LogP contribution in [0.5, 0.6) is 17.2 Å². The second kappa shape index (κ2) is 9.20. The molecule has 6 nitrogen and oxygen atoms in total. The van der Waals surface area contributed by atoms with Gasteiger partial charge < -0.3 is 24.4 Å². The fraction of sp³-hybridized carbons (Fsp3) is 0.240. The van der Waals surface area contributed by atoms with E-state index < -0.39 is 5.60 Å². The Kier molecular flexibility index (Phi) is 6.63. The van der Waals surface area contributed by atoms with Crippen molar-refractivity contribution in [3.05, 3.63) is 88.0 Å². The number of aryl methyl sites for hydroxylation is 1. The fourth-order valence-electron chi connectivity index (χ4n) is 3.65. The summed E-state index contributed by atoms with van der Waals surface area (Å²) < 4.78 is 16.2. The SMILES string of the molecule is COc1cc(C(O)(c2ccc(C)c(C=O)c2)c2ccc(OC)c(OC)c2)ccc1CO. The number of hydrogen-bond donors (Lipinski definition) is 2. The van der Waals surface area contributed by atoms with Gasteiger partial charge in [-0.25, -0.2) is 0 Å². The van der Waals surface area contributed by atoms with Gasteiger partial charge in [0.25, 0.3) is 0 Å². The Bertz CT molecular complexity index is 1030. The Morgan fingerprint density at radius 2 is 1.35 bits per heavy atom. The zero-order valence-electron chi connectivity index (χ0n) is 18.0. The van der Waals surface area contributed by atoms with Crippen molar-refractivity contribution in [3.63, 3.8) is 0 Å². The number of carbonyl (C=O) groups is 1. The highest BCUT2D eigenvalue weighted by Crippen LogP contribution is 2.42. The summed E-state index contributed by atoms with van der Waals surface area (Å²) in [4.78, 5) is 11.6. The number of methoxy groups -OCH3 is 3. The molecule has 0 aliphatic heterocycles. The van der Waals surface area contributed by atoms with Gasteiger partial charge in [-0.3, -0.25) is 4.79 Å². The molecule has 1 unspecified atom stereocenters. The number of aliphatic hydroxyl groups is 2. The smallest absolute Gasteiger partial charge is 0.161 e. The first kappa shape index (κ1) is 22.3. The minimum Gasteiger partial charge on any atom is -0.496 e. The lowest BCUT2D eigenvalue weighted by molar-refractivity contribution is 0.112. The van der Waals surface area contributed by atoms with Gasteiger partial charge in [-0.15, -0.1) is 0 Å². The van der Waals surface area contributed by atoms with E-state index in [1.54, 1.807) is 61.7 Å². The van der Waals surface area contributed by atoms with Crippen LogP contribution >= 0.6 is 0 Å². The Balaban J connectivity index is 2.33. The maximum absolute atomic E-state index is 12.2. The van der Waals surface area contributed by atoms with Gasteiger partial charge in [-0.2, -0.15) is 0 Å². The quantitative estimate of drug-likeness (QED) is 0.426. The molecule has 0 aliphatic carbocycles. The Morgan fingerprint density at radius 1 is 0.806 bits per heavy atom. The summed E-state index contributed by atoms with van der Waals surface area (Å²) in [6, 6.07) is 15.5. The van der Waals surface area contributed by atoms with E-state index in [0.29, 0.717) is 45.1 Å². The van der Waals surface area contributed by atoms with E-state index in [1.807, 2.05) is 6.92 Å². The molecular weight excluding hydrogens is 396 g/mol. The van der Waals surface area contributed by atoms with Crippen LogP contribution in [0.15, 0.2) is 54.6 Å². The maximum Gasteiger partial charge on any atom is 0.161 e. The van der Waals surface area contributed by atoms with E-state index in [-0.39, 0.29) is 6.61 Å². The number of benzene rings is 3. The molecule has 3 aromatic carbocycles. The van der Waals surface area contributed by atoms with E-state index in [1.165, 1.54) is 14.2 Å². The average molecular weight is 422 g/mol. The van der Waals surface area contributed by atoms with Gasteiger partial charge in [-0.05, 0) is 53.4 Å². The summed E-state index contributed by atoms with van der Waals surface area (Å²) in [6.45, 7) is 1.64. The molecule has 0 saturated carbocycles. The molecule has 6 heteroatoms. The molecule has 0 aliphatic rings. The van der Waals surface area contributed by atoms with Gasteiger partial charge in [0.1, 0.15) is 17.6 Å². The van der Waals surface area contributed by atoms with Crippen LogP contribution in [0.3, 0.4) is 0 Å². The first-order chi connectivity index (χ1) is 14.9. The summed E-state index contributed by atoms with van der Waals surface area (Å²) in [5.74, 6) is 1.43. The molecule has 0 bridgehead atoms. The normalized spacial score (nSPS) is 12.7. The molecule has 0 amide bonds. The van der Waals surface area contributed by atoms with Crippen molar-refractivity contribution in [1.82, 2.24) is 0 Å². The molecule has 162 valence electrons. The first-order valence-electron chi connectivity index (χ1n) is 9.72. The molecule has 1 atom stereocenters. The van der Waals surface area contributed by atoms with Crippen LogP contribution in [0.2, 0.25) is 0 Å². The number of aliphatic hydroxyl groups excluding tert-OH is 1. The number of ether oxygens (including phenoxy) is 3. The monoisotopic (exact) mass is 422 g/mol. The first-order valence-corrected chi connectivity index (χ1v) is 9.72. The second-order valence-electron chi connectivity index (χ2n) is 7.15. The molecule has 3 rings (SSSR count). The Labute approximate surface area is 181 Å². The number of carbonyl (C=O) groups excluding carboxylic acids is 1. The van der Waals surface area contributed by atoms with Crippen LogP contribution in [-0.4, -0.2) is 37.8 Å². The van der Waals surface area contributed by atoms with Crippen molar-refractivity contribution < 1.29 is 29.2 Å². The molecule has 0 spiro atoms.